The SMILES string of the molecule is COc1cc(NC(C)c2nc(C)c(-c3ccc(Cl)cc3)o2)ccc1NC(C)=O. The molecule has 2 N–H and O–H groups in total. The molecule has 0 saturated carbocycles. The minimum atomic E-state index is -0.170. The van der Waals surface area contributed by atoms with Crippen LogP contribution in [0.5, 0.6) is 5.75 Å². The van der Waals surface area contributed by atoms with Crippen molar-refractivity contribution in [3.05, 3.63) is 59.1 Å². The molecule has 7 heteroatoms. The second kappa shape index (κ2) is 8.35. The molecular weight excluding hydrogens is 378 g/mol. The van der Waals surface area contributed by atoms with Gasteiger partial charge in [-0.3, -0.25) is 4.79 Å². The Bertz CT molecular complexity index is 983. The van der Waals surface area contributed by atoms with Crippen molar-refractivity contribution in [2.24, 2.45) is 0 Å². The van der Waals surface area contributed by atoms with Gasteiger partial charge < -0.3 is 19.8 Å². The number of anilines is 2. The van der Waals surface area contributed by atoms with Gasteiger partial charge in [-0.1, -0.05) is 11.6 Å². The van der Waals surface area contributed by atoms with Crippen molar-refractivity contribution >= 4 is 28.9 Å². The van der Waals surface area contributed by atoms with E-state index in [2.05, 4.69) is 15.6 Å². The van der Waals surface area contributed by atoms with Crippen molar-refractivity contribution in [2.75, 3.05) is 17.7 Å². The van der Waals surface area contributed by atoms with Crippen molar-refractivity contribution in [3.63, 3.8) is 0 Å². The number of aryl methyl sites for hydroxylation is 1. The van der Waals surface area contributed by atoms with Crippen LogP contribution in [-0.4, -0.2) is 18.0 Å². The van der Waals surface area contributed by atoms with Gasteiger partial charge in [0.05, 0.1) is 18.5 Å². The standard InChI is InChI=1S/C21H22ClN3O3/c1-12-20(15-5-7-16(22)8-6-15)28-21(24-12)13(2)23-17-9-10-18(25-14(3)26)19(11-17)27-4/h5-11,13,23H,1-4H3,(H,25,26). The zero-order chi connectivity index (χ0) is 20.3. The normalized spacial score (nSPS) is 11.8. The summed E-state index contributed by atoms with van der Waals surface area (Å²) >= 11 is 5.96. The van der Waals surface area contributed by atoms with Gasteiger partial charge in [0.25, 0.3) is 0 Å². The minimum absolute atomic E-state index is 0.155. The number of benzene rings is 2. The number of carbonyl (C=O) groups is 1. The zero-order valence-corrected chi connectivity index (χ0v) is 16.9. The predicted molar refractivity (Wildman–Crippen MR) is 111 cm³/mol. The van der Waals surface area contributed by atoms with Gasteiger partial charge in [-0.25, -0.2) is 4.98 Å². The molecule has 0 bridgehead atoms. The highest BCUT2D eigenvalue weighted by atomic mass is 35.5. The second-order valence-corrected chi connectivity index (χ2v) is 6.87. The summed E-state index contributed by atoms with van der Waals surface area (Å²) < 4.78 is 11.4. The number of halogens is 1. The van der Waals surface area contributed by atoms with Crippen LogP contribution in [0.2, 0.25) is 5.02 Å². The first kappa shape index (κ1) is 19.8. The van der Waals surface area contributed by atoms with E-state index in [1.165, 1.54) is 6.92 Å². The molecule has 0 aliphatic carbocycles. The number of hydrogen-bond donors (Lipinski definition) is 2. The summed E-state index contributed by atoms with van der Waals surface area (Å²) in [5.41, 5.74) is 3.17. The third-order valence-electron chi connectivity index (χ3n) is 4.19. The van der Waals surface area contributed by atoms with Crippen LogP contribution in [0.4, 0.5) is 11.4 Å². The Balaban J connectivity index is 1.80. The third-order valence-corrected chi connectivity index (χ3v) is 4.44. The molecule has 1 heterocycles. The molecule has 6 nitrogen and oxygen atoms in total. The lowest BCUT2D eigenvalue weighted by atomic mass is 10.1. The monoisotopic (exact) mass is 399 g/mol. The van der Waals surface area contributed by atoms with Gasteiger partial charge in [0.2, 0.25) is 11.8 Å². The Hall–Kier alpha value is -2.99. The van der Waals surface area contributed by atoms with Crippen LogP contribution in [0.3, 0.4) is 0 Å². The molecule has 0 aliphatic rings. The van der Waals surface area contributed by atoms with Gasteiger partial charge in [0.15, 0.2) is 5.76 Å². The number of ether oxygens (including phenoxy) is 1. The van der Waals surface area contributed by atoms with Crippen molar-refractivity contribution in [3.8, 4) is 17.1 Å². The van der Waals surface area contributed by atoms with Gasteiger partial charge in [0, 0.05) is 29.3 Å². The average molecular weight is 400 g/mol. The molecule has 146 valence electrons. The van der Waals surface area contributed by atoms with Crippen molar-refractivity contribution in [1.82, 2.24) is 4.98 Å². The fourth-order valence-electron chi connectivity index (χ4n) is 2.86. The lowest BCUT2D eigenvalue weighted by molar-refractivity contribution is -0.114. The van der Waals surface area contributed by atoms with Crippen LogP contribution in [0.25, 0.3) is 11.3 Å². The molecule has 3 rings (SSSR count). The van der Waals surface area contributed by atoms with E-state index in [1.54, 1.807) is 13.2 Å². The predicted octanol–water partition coefficient (Wildman–Crippen LogP) is 5.44. The lowest BCUT2D eigenvalue weighted by Crippen LogP contribution is -2.09. The molecule has 1 amide bonds. The smallest absolute Gasteiger partial charge is 0.221 e. The van der Waals surface area contributed by atoms with Gasteiger partial charge in [-0.2, -0.15) is 0 Å². The van der Waals surface area contributed by atoms with Gasteiger partial charge >= 0.3 is 0 Å². The van der Waals surface area contributed by atoms with Crippen molar-refractivity contribution in [2.45, 2.75) is 26.8 Å². The van der Waals surface area contributed by atoms with Crippen LogP contribution in [0.15, 0.2) is 46.9 Å². The second-order valence-electron chi connectivity index (χ2n) is 6.44. The first-order chi connectivity index (χ1) is 13.4. The molecule has 0 aliphatic heterocycles. The first-order valence-electron chi connectivity index (χ1n) is 8.83. The van der Waals surface area contributed by atoms with Gasteiger partial charge in [0.1, 0.15) is 11.8 Å². The van der Waals surface area contributed by atoms with E-state index < -0.39 is 0 Å². The number of oxazole rings is 1. The molecule has 1 atom stereocenters. The Morgan fingerprint density at radius 2 is 1.93 bits per heavy atom. The molecule has 0 radical (unpaired) electrons. The molecule has 1 aromatic heterocycles. The molecule has 28 heavy (non-hydrogen) atoms. The highest BCUT2D eigenvalue weighted by molar-refractivity contribution is 6.30. The minimum Gasteiger partial charge on any atom is -0.494 e. The molecular formula is C21H22ClN3O3. The maximum atomic E-state index is 11.3. The molecule has 3 aromatic rings. The lowest BCUT2D eigenvalue weighted by Gasteiger charge is -2.15. The summed E-state index contributed by atoms with van der Waals surface area (Å²) in [4.78, 5) is 15.8. The molecule has 0 spiro atoms. The van der Waals surface area contributed by atoms with Gasteiger partial charge in [-0.05, 0) is 50.2 Å². The summed E-state index contributed by atoms with van der Waals surface area (Å²) in [6.07, 6.45) is 0. The zero-order valence-electron chi connectivity index (χ0n) is 16.2. The number of nitrogens with zero attached hydrogens (tertiary/aromatic N) is 1. The number of methoxy groups -OCH3 is 1. The molecule has 1 unspecified atom stereocenters. The van der Waals surface area contributed by atoms with Crippen LogP contribution in [0.1, 0.15) is 31.5 Å². The highest BCUT2D eigenvalue weighted by Crippen LogP contribution is 2.32. The fraction of sp³-hybridized carbons (Fsp3) is 0.238. The van der Waals surface area contributed by atoms with Crippen molar-refractivity contribution < 1.29 is 13.9 Å². The topological polar surface area (TPSA) is 76.4 Å². The summed E-state index contributed by atoms with van der Waals surface area (Å²) in [6.45, 7) is 5.33. The number of carbonyl (C=O) groups excluding carboxylic acids is 1. The summed E-state index contributed by atoms with van der Waals surface area (Å²) in [6, 6.07) is 12.8. The Kier molecular flexibility index (Phi) is 5.90. The van der Waals surface area contributed by atoms with E-state index in [1.807, 2.05) is 50.2 Å². The maximum absolute atomic E-state index is 11.3. The molecule has 2 aromatic carbocycles. The van der Waals surface area contributed by atoms with E-state index >= 15 is 0 Å². The number of amides is 1. The van der Waals surface area contributed by atoms with Gasteiger partial charge in [-0.15, -0.1) is 0 Å². The maximum Gasteiger partial charge on any atom is 0.221 e. The fourth-order valence-corrected chi connectivity index (χ4v) is 2.98. The van der Waals surface area contributed by atoms with Crippen LogP contribution in [-0.2, 0) is 4.79 Å². The average Bonchev–Trinajstić information content (AvgIpc) is 3.05. The highest BCUT2D eigenvalue weighted by Gasteiger charge is 2.17. The first-order valence-corrected chi connectivity index (χ1v) is 9.20. The van der Waals surface area contributed by atoms with Crippen LogP contribution in [0, 0.1) is 6.92 Å². The summed E-state index contributed by atoms with van der Waals surface area (Å²) in [7, 11) is 1.56. The number of rotatable bonds is 6. The quantitative estimate of drug-likeness (QED) is 0.576. The van der Waals surface area contributed by atoms with Crippen molar-refractivity contribution in [1.29, 1.82) is 0 Å². The van der Waals surface area contributed by atoms with E-state index in [0.29, 0.717) is 22.4 Å². The number of aromatic nitrogens is 1. The summed E-state index contributed by atoms with van der Waals surface area (Å²) in [5.74, 6) is 1.71. The number of hydrogen-bond acceptors (Lipinski definition) is 5. The van der Waals surface area contributed by atoms with E-state index in [0.717, 1.165) is 22.7 Å². The largest absolute Gasteiger partial charge is 0.494 e. The molecule has 0 fully saturated rings. The Morgan fingerprint density at radius 1 is 1.21 bits per heavy atom. The number of nitrogens with one attached hydrogen (secondary N) is 2. The van der Waals surface area contributed by atoms with Crippen LogP contribution < -0.4 is 15.4 Å². The summed E-state index contributed by atoms with van der Waals surface area (Å²) in [5, 5.41) is 6.76. The third kappa shape index (κ3) is 4.46. The molecule has 0 saturated heterocycles. The van der Waals surface area contributed by atoms with E-state index in [-0.39, 0.29) is 11.9 Å². The van der Waals surface area contributed by atoms with Crippen LogP contribution >= 0.6 is 11.6 Å². The van der Waals surface area contributed by atoms with E-state index in [4.69, 9.17) is 20.8 Å². The van der Waals surface area contributed by atoms with E-state index in [9.17, 15) is 4.79 Å². The Labute approximate surface area is 168 Å². The Morgan fingerprint density at radius 3 is 2.57 bits per heavy atom.